The van der Waals surface area contributed by atoms with Gasteiger partial charge in [0, 0.05) is 6.26 Å². The summed E-state index contributed by atoms with van der Waals surface area (Å²) in [4.78, 5) is 10.5. The molecule has 1 rings (SSSR count). The molecule has 6 heteroatoms. The van der Waals surface area contributed by atoms with Gasteiger partial charge in [0.1, 0.15) is 0 Å². The fourth-order valence-electron chi connectivity index (χ4n) is 1.24. The van der Waals surface area contributed by atoms with Crippen molar-refractivity contribution in [3.8, 4) is 0 Å². The van der Waals surface area contributed by atoms with E-state index in [2.05, 4.69) is 0 Å². The smallest absolute Gasteiger partial charge is 0.306 e. The SMILES string of the molecule is CS(=O)(=O)c1cccc([C@H](O)CC(=O)O)c1. The Hall–Kier alpha value is -1.40. The predicted molar refractivity (Wildman–Crippen MR) is 56.8 cm³/mol. The van der Waals surface area contributed by atoms with Gasteiger partial charge in [-0.2, -0.15) is 0 Å². The molecule has 0 fully saturated rings. The van der Waals surface area contributed by atoms with Gasteiger partial charge in [-0.1, -0.05) is 12.1 Å². The number of carboxylic acid groups (broad SMARTS) is 1. The topological polar surface area (TPSA) is 91.7 Å². The lowest BCUT2D eigenvalue weighted by molar-refractivity contribution is -0.139. The van der Waals surface area contributed by atoms with Crippen LogP contribution in [0.15, 0.2) is 29.2 Å². The Kier molecular flexibility index (Phi) is 3.66. The highest BCUT2D eigenvalue weighted by Crippen LogP contribution is 2.20. The lowest BCUT2D eigenvalue weighted by Gasteiger charge is -2.09. The van der Waals surface area contributed by atoms with Gasteiger partial charge in [-0.15, -0.1) is 0 Å². The number of hydrogen-bond acceptors (Lipinski definition) is 4. The highest BCUT2D eigenvalue weighted by molar-refractivity contribution is 7.90. The number of sulfone groups is 1. The zero-order chi connectivity index (χ0) is 12.3. The zero-order valence-corrected chi connectivity index (χ0v) is 9.44. The summed E-state index contributed by atoms with van der Waals surface area (Å²) in [5.41, 5.74) is 0.283. The highest BCUT2D eigenvalue weighted by atomic mass is 32.2. The average molecular weight is 244 g/mol. The Bertz CT molecular complexity index is 492. The Morgan fingerprint density at radius 1 is 1.44 bits per heavy atom. The minimum Gasteiger partial charge on any atom is -0.481 e. The van der Waals surface area contributed by atoms with Crippen LogP contribution < -0.4 is 0 Å². The van der Waals surface area contributed by atoms with Crippen molar-refractivity contribution in [1.29, 1.82) is 0 Å². The maximum Gasteiger partial charge on any atom is 0.306 e. The second-order valence-electron chi connectivity index (χ2n) is 3.46. The third kappa shape index (κ3) is 3.32. The molecule has 0 heterocycles. The lowest BCUT2D eigenvalue weighted by Crippen LogP contribution is -2.06. The van der Waals surface area contributed by atoms with Crippen LogP contribution in [-0.2, 0) is 14.6 Å². The van der Waals surface area contributed by atoms with Crippen LogP contribution in [0.25, 0.3) is 0 Å². The largest absolute Gasteiger partial charge is 0.481 e. The van der Waals surface area contributed by atoms with Crippen molar-refractivity contribution in [2.45, 2.75) is 17.4 Å². The van der Waals surface area contributed by atoms with Crippen LogP contribution >= 0.6 is 0 Å². The van der Waals surface area contributed by atoms with Crippen molar-refractivity contribution in [3.63, 3.8) is 0 Å². The van der Waals surface area contributed by atoms with E-state index in [9.17, 15) is 18.3 Å². The summed E-state index contributed by atoms with van der Waals surface area (Å²) in [5, 5.41) is 18.0. The molecule has 1 atom stereocenters. The first kappa shape index (κ1) is 12.7. The van der Waals surface area contributed by atoms with E-state index < -0.39 is 28.3 Å². The number of carboxylic acids is 1. The Morgan fingerprint density at radius 2 is 2.06 bits per heavy atom. The zero-order valence-electron chi connectivity index (χ0n) is 8.62. The molecule has 1 aromatic rings. The second kappa shape index (κ2) is 4.63. The molecule has 0 spiro atoms. The van der Waals surface area contributed by atoms with Crippen LogP contribution in [0.5, 0.6) is 0 Å². The summed E-state index contributed by atoms with van der Waals surface area (Å²) in [6, 6.07) is 5.63. The molecule has 5 nitrogen and oxygen atoms in total. The van der Waals surface area contributed by atoms with E-state index in [0.29, 0.717) is 0 Å². The summed E-state index contributed by atoms with van der Waals surface area (Å²) in [7, 11) is -3.35. The maximum atomic E-state index is 11.2. The molecule has 0 aliphatic heterocycles. The van der Waals surface area contributed by atoms with Crippen molar-refractivity contribution in [1.82, 2.24) is 0 Å². The van der Waals surface area contributed by atoms with E-state index in [1.165, 1.54) is 24.3 Å². The van der Waals surface area contributed by atoms with E-state index in [0.717, 1.165) is 6.26 Å². The maximum absolute atomic E-state index is 11.2. The number of aliphatic carboxylic acids is 1. The molecule has 0 bridgehead atoms. The molecule has 0 amide bonds. The Morgan fingerprint density at radius 3 is 2.56 bits per heavy atom. The number of hydrogen-bond donors (Lipinski definition) is 2. The minimum atomic E-state index is -3.35. The molecule has 1 aromatic carbocycles. The third-order valence-corrected chi connectivity index (χ3v) is 3.15. The van der Waals surface area contributed by atoms with Crippen molar-refractivity contribution in [2.24, 2.45) is 0 Å². The van der Waals surface area contributed by atoms with Crippen LogP contribution in [0.3, 0.4) is 0 Å². The first-order valence-electron chi connectivity index (χ1n) is 4.50. The van der Waals surface area contributed by atoms with Gasteiger partial charge in [0.25, 0.3) is 0 Å². The molecule has 16 heavy (non-hydrogen) atoms. The van der Waals surface area contributed by atoms with Gasteiger partial charge in [0.05, 0.1) is 17.4 Å². The molecule has 0 unspecified atom stereocenters. The molecule has 2 N–H and O–H groups in total. The first-order valence-corrected chi connectivity index (χ1v) is 6.39. The first-order chi connectivity index (χ1) is 7.30. The van der Waals surface area contributed by atoms with Crippen molar-refractivity contribution >= 4 is 15.8 Å². The van der Waals surface area contributed by atoms with Gasteiger partial charge in [-0.05, 0) is 17.7 Å². The molecule has 0 saturated heterocycles. The molecule has 0 aliphatic carbocycles. The second-order valence-corrected chi connectivity index (χ2v) is 5.47. The Labute approximate surface area is 93.3 Å². The monoisotopic (exact) mass is 244 g/mol. The molecule has 0 saturated carbocycles. The van der Waals surface area contributed by atoms with E-state index >= 15 is 0 Å². The number of aliphatic hydroxyl groups is 1. The fraction of sp³-hybridized carbons (Fsp3) is 0.300. The third-order valence-electron chi connectivity index (χ3n) is 2.04. The normalized spacial score (nSPS) is 13.4. The molecule has 0 aromatic heterocycles. The van der Waals surface area contributed by atoms with Crippen molar-refractivity contribution in [2.75, 3.05) is 6.26 Å². The van der Waals surface area contributed by atoms with E-state index in [4.69, 9.17) is 5.11 Å². The van der Waals surface area contributed by atoms with E-state index in [1.54, 1.807) is 0 Å². The number of aliphatic hydroxyl groups excluding tert-OH is 1. The highest BCUT2D eigenvalue weighted by Gasteiger charge is 2.14. The summed E-state index contributed by atoms with van der Waals surface area (Å²) < 4.78 is 22.5. The summed E-state index contributed by atoms with van der Waals surface area (Å²) in [5.74, 6) is -1.14. The van der Waals surface area contributed by atoms with Gasteiger partial charge in [0.15, 0.2) is 9.84 Å². The van der Waals surface area contributed by atoms with Crippen molar-refractivity contribution in [3.05, 3.63) is 29.8 Å². The fourth-order valence-corrected chi connectivity index (χ4v) is 1.91. The van der Waals surface area contributed by atoms with Crippen LogP contribution in [0.2, 0.25) is 0 Å². The summed E-state index contributed by atoms with van der Waals surface area (Å²) in [6.45, 7) is 0. The van der Waals surface area contributed by atoms with Crippen LogP contribution in [0, 0.1) is 0 Å². The lowest BCUT2D eigenvalue weighted by atomic mass is 10.1. The number of carbonyl (C=O) groups is 1. The minimum absolute atomic E-state index is 0.0643. The van der Waals surface area contributed by atoms with E-state index in [1.807, 2.05) is 0 Å². The van der Waals surface area contributed by atoms with Crippen LogP contribution in [0.4, 0.5) is 0 Å². The number of benzene rings is 1. The molecule has 88 valence electrons. The van der Waals surface area contributed by atoms with Crippen LogP contribution in [-0.4, -0.2) is 30.9 Å². The number of rotatable bonds is 4. The van der Waals surface area contributed by atoms with E-state index in [-0.39, 0.29) is 10.5 Å². The van der Waals surface area contributed by atoms with Gasteiger partial charge in [0.2, 0.25) is 0 Å². The molecule has 0 radical (unpaired) electrons. The Balaban J connectivity index is 3.04. The van der Waals surface area contributed by atoms with Gasteiger partial charge < -0.3 is 10.2 Å². The van der Waals surface area contributed by atoms with Gasteiger partial charge in [-0.3, -0.25) is 4.79 Å². The predicted octanol–water partition coefficient (Wildman–Crippen LogP) is 0.598. The van der Waals surface area contributed by atoms with Crippen molar-refractivity contribution < 1.29 is 23.4 Å². The van der Waals surface area contributed by atoms with Crippen LogP contribution in [0.1, 0.15) is 18.1 Å². The molecular weight excluding hydrogens is 232 g/mol. The molecule has 0 aliphatic rings. The standard InChI is InChI=1S/C10H12O5S/c1-16(14,15)8-4-2-3-7(5-8)9(11)6-10(12)13/h2-5,9,11H,6H2,1H3,(H,12,13)/t9-/m1/s1. The quantitative estimate of drug-likeness (QED) is 0.809. The van der Waals surface area contributed by atoms with Gasteiger partial charge in [-0.25, -0.2) is 8.42 Å². The summed E-state index contributed by atoms with van der Waals surface area (Å²) >= 11 is 0. The molecular formula is C10H12O5S. The summed E-state index contributed by atoms with van der Waals surface area (Å²) in [6.07, 6.45) is -0.595. The van der Waals surface area contributed by atoms with Gasteiger partial charge >= 0.3 is 5.97 Å². The average Bonchev–Trinajstić information content (AvgIpc) is 2.15.